The molecule has 0 amide bonds. The topological polar surface area (TPSA) is 39.2 Å². The zero-order valence-electron chi connectivity index (χ0n) is 8.66. The van der Waals surface area contributed by atoms with Crippen molar-refractivity contribution in [2.75, 3.05) is 0 Å². The molecule has 0 fully saturated rings. The molecule has 0 aliphatic heterocycles. The third kappa shape index (κ3) is 2.16. The molecule has 1 atom stereocenters. The van der Waals surface area contributed by atoms with Gasteiger partial charge in [0.2, 0.25) is 0 Å². The van der Waals surface area contributed by atoms with Crippen LogP contribution >= 0.6 is 11.6 Å². The number of rotatable bonds is 3. The Kier molecular flexibility index (Phi) is 2.98. The van der Waals surface area contributed by atoms with Crippen LogP contribution < -0.4 is 5.73 Å². The summed E-state index contributed by atoms with van der Waals surface area (Å²) in [5.41, 5.74) is 6.83. The standard InChI is InChI=1S/C12H14ClNO/c1-2-3-10(14)12-7-8-6-9(13)4-5-11(8)15-12/h4-7,10H,2-3,14H2,1H3. The second kappa shape index (κ2) is 4.25. The Morgan fingerprint density at radius 3 is 2.93 bits per heavy atom. The predicted molar refractivity (Wildman–Crippen MR) is 63.1 cm³/mol. The summed E-state index contributed by atoms with van der Waals surface area (Å²) in [7, 11) is 0. The lowest BCUT2D eigenvalue weighted by molar-refractivity contribution is 0.475. The maximum absolute atomic E-state index is 5.98. The average molecular weight is 224 g/mol. The van der Waals surface area contributed by atoms with E-state index in [1.807, 2.05) is 24.3 Å². The SMILES string of the molecule is CCCC(N)c1cc2cc(Cl)ccc2o1. The van der Waals surface area contributed by atoms with Gasteiger partial charge in [0.05, 0.1) is 6.04 Å². The Balaban J connectivity index is 2.38. The van der Waals surface area contributed by atoms with Crippen LogP contribution in [0.25, 0.3) is 11.0 Å². The van der Waals surface area contributed by atoms with Gasteiger partial charge in [0.25, 0.3) is 0 Å². The maximum Gasteiger partial charge on any atom is 0.134 e. The molecule has 1 aromatic heterocycles. The summed E-state index contributed by atoms with van der Waals surface area (Å²) in [5.74, 6) is 0.842. The van der Waals surface area contributed by atoms with Crippen LogP contribution in [-0.2, 0) is 0 Å². The minimum Gasteiger partial charge on any atom is -0.459 e. The average Bonchev–Trinajstić information content (AvgIpc) is 2.60. The van der Waals surface area contributed by atoms with Crippen LogP contribution in [-0.4, -0.2) is 0 Å². The van der Waals surface area contributed by atoms with Crippen LogP contribution in [0.3, 0.4) is 0 Å². The Bertz CT molecular complexity index is 464. The molecule has 2 rings (SSSR count). The summed E-state index contributed by atoms with van der Waals surface area (Å²) in [4.78, 5) is 0. The quantitative estimate of drug-likeness (QED) is 0.858. The van der Waals surface area contributed by atoms with Crippen molar-refractivity contribution in [3.63, 3.8) is 0 Å². The molecule has 0 aliphatic carbocycles. The number of hydrogen-bond acceptors (Lipinski definition) is 2. The van der Waals surface area contributed by atoms with Gasteiger partial charge >= 0.3 is 0 Å². The van der Waals surface area contributed by atoms with Gasteiger partial charge in [-0.3, -0.25) is 0 Å². The minimum absolute atomic E-state index is 0.0128. The van der Waals surface area contributed by atoms with Crippen LogP contribution in [0.15, 0.2) is 28.7 Å². The highest BCUT2D eigenvalue weighted by molar-refractivity contribution is 6.31. The Morgan fingerprint density at radius 1 is 1.40 bits per heavy atom. The van der Waals surface area contributed by atoms with E-state index >= 15 is 0 Å². The van der Waals surface area contributed by atoms with Gasteiger partial charge in [-0.15, -0.1) is 0 Å². The van der Waals surface area contributed by atoms with E-state index in [-0.39, 0.29) is 6.04 Å². The van der Waals surface area contributed by atoms with E-state index < -0.39 is 0 Å². The van der Waals surface area contributed by atoms with Crippen LogP contribution in [0.1, 0.15) is 31.6 Å². The second-order valence-corrected chi connectivity index (χ2v) is 4.16. The van der Waals surface area contributed by atoms with E-state index in [0.29, 0.717) is 0 Å². The van der Waals surface area contributed by atoms with Crippen LogP contribution in [0.5, 0.6) is 0 Å². The van der Waals surface area contributed by atoms with E-state index in [9.17, 15) is 0 Å². The smallest absolute Gasteiger partial charge is 0.134 e. The van der Waals surface area contributed by atoms with Crippen LogP contribution in [0.4, 0.5) is 0 Å². The van der Waals surface area contributed by atoms with Gasteiger partial charge < -0.3 is 10.2 Å². The van der Waals surface area contributed by atoms with Gasteiger partial charge in [0, 0.05) is 10.4 Å². The Morgan fingerprint density at radius 2 is 2.20 bits per heavy atom. The molecule has 0 aliphatic rings. The van der Waals surface area contributed by atoms with Crippen molar-refractivity contribution in [2.24, 2.45) is 5.73 Å². The number of benzene rings is 1. The highest BCUT2D eigenvalue weighted by Gasteiger charge is 2.10. The van der Waals surface area contributed by atoms with Gasteiger partial charge in [-0.05, 0) is 30.7 Å². The molecule has 1 aromatic carbocycles. The van der Waals surface area contributed by atoms with E-state index in [1.165, 1.54) is 0 Å². The molecule has 2 N–H and O–H groups in total. The fourth-order valence-corrected chi connectivity index (χ4v) is 1.85. The fraction of sp³-hybridized carbons (Fsp3) is 0.333. The predicted octanol–water partition coefficient (Wildman–Crippen LogP) is 3.89. The van der Waals surface area contributed by atoms with Gasteiger partial charge in [-0.25, -0.2) is 0 Å². The van der Waals surface area contributed by atoms with Crippen molar-refractivity contribution in [1.29, 1.82) is 0 Å². The third-order valence-corrected chi connectivity index (χ3v) is 2.70. The number of halogens is 1. The van der Waals surface area contributed by atoms with Gasteiger partial charge in [-0.2, -0.15) is 0 Å². The molecule has 15 heavy (non-hydrogen) atoms. The molecule has 0 saturated heterocycles. The first-order valence-corrected chi connectivity index (χ1v) is 5.53. The molecule has 2 aromatic rings. The van der Waals surface area contributed by atoms with E-state index in [4.69, 9.17) is 21.8 Å². The molecule has 2 nitrogen and oxygen atoms in total. The Labute approximate surface area is 94.0 Å². The van der Waals surface area contributed by atoms with Crippen LogP contribution in [0.2, 0.25) is 5.02 Å². The molecule has 0 saturated carbocycles. The highest BCUT2D eigenvalue weighted by Crippen LogP contribution is 2.27. The number of nitrogens with two attached hydrogens (primary N) is 1. The first-order chi connectivity index (χ1) is 7.20. The second-order valence-electron chi connectivity index (χ2n) is 3.73. The summed E-state index contributed by atoms with van der Waals surface area (Å²) in [5, 5.41) is 1.74. The lowest BCUT2D eigenvalue weighted by Crippen LogP contribution is -2.08. The molecule has 0 radical (unpaired) electrons. The first-order valence-electron chi connectivity index (χ1n) is 5.15. The van der Waals surface area contributed by atoms with Crippen molar-refractivity contribution >= 4 is 22.6 Å². The van der Waals surface area contributed by atoms with Gasteiger partial charge in [0.15, 0.2) is 0 Å². The maximum atomic E-state index is 5.98. The van der Waals surface area contributed by atoms with Crippen molar-refractivity contribution in [1.82, 2.24) is 0 Å². The molecule has 3 heteroatoms. The number of hydrogen-bond donors (Lipinski definition) is 1. The van der Waals surface area contributed by atoms with Gasteiger partial charge in [-0.1, -0.05) is 24.9 Å². The minimum atomic E-state index is -0.0128. The van der Waals surface area contributed by atoms with Crippen molar-refractivity contribution in [3.05, 3.63) is 35.0 Å². The van der Waals surface area contributed by atoms with Crippen LogP contribution in [0, 0.1) is 0 Å². The largest absolute Gasteiger partial charge is 0.459 e. The molecular weight excluding hydrogens is 210 g/mol. The summed E-state index contributed by atoms with van der Waals surface area (Å²) >= 11 is 5.90. The Hall–Kier alpha value is -0.990. The molecule has 1 unspecified atom stereocenters. The van der Waals surface area contributed by atoms with E-state index in [2.05, 4.69) is 6.92 Å². The third-order valence-electron chi connectivity index (χ3n) is 2.46. The lowest BCUT2D eigenvalue weighted by atomic mass is 10.1. The lowest BCUT2D eigenvalue weighted by Gasteiger charge is -2.04. The molecule has 80 valence electrons. The molecular formula is C12H14ClNO. The van der Waals surface area contributed by atoms with Crippen molar-refractivity contribution in [2.45, 2.75) is 25.8 Å². The zero-order chi connectivity index (χ0) is 10.8. The zero-order valence-corrected chi connectivity index (χ0v) is 9.42. The highest BCUT2D eigenvalue weighted by atomic mass is 35.5. The summed E-state index contributed by atoms with van der Waals surface area (Å²) in [6.07, 6.45) is 1.99. The van der Waals surface area contributed by atoms with Crippen molar-refractivity contribution < 1.29 is 4.42 Å². The monoisotopic (exact) mass is 223 g/mol. The fourth-order valence-electron chi connectivity index (χ4n) is 1.67. The molecule has 1 heterocycles. The number of furan rings is 1. The molecule has 0 bridgehead atoms. The summed E-state index contributed by atoms with van der Waals surface area (Å²) < 4.78 is 5.65. The van der Waals surface area contributed by atoms with Crippen molar-refractivity contribution in [3.8, 4) is 0 Å². The number of fused-ring (bicyclic) bond motifs is 1. The summed E-state index contributed by atoms with van der Waals surface area (Å²) in [6.45, 7) is 2.11. The normalized spacial score (nSPS) is 13.3. The van der Waals surface area contributed by atoms with E-state index in [1.54, 1.807) is 0 Å². The summed E-state index contributed by atoms with van der Waals surface area (Å²) in [6, 6.07) is 7.55. The van der Waals surface area contributed by atoms with Gasteiger partial charge in [0.1, 0.15) is 11.3 Å². The first kappa shape index (κ1) is 10.5. The molecule has 0 spiro atoms. The van der Waals surface area contributed by atoms with E-state index in [0.717, 1.165) is 34.6 Å².